The average Bonchev–Trinajstić information content (AvgIpc) is 3.01. The third kappa shape index (κ3) is 4.79. The van der Waals surface area contributed by atoms with Gasteiger partial charge >= 0.3 is 6.36 Å². The molecule has 0 aromatic heterocycles. The number of rotatable bonds is 6. The number of nitrogens with zero attached hydrogens (tertiary/aromatic N) is 1. The Bertz CT molecular complexity index is 929. The van der Waals surface area contributed by atoms with Gasteiger partial charge in [-0.05, 0) is 37.3 Å². The lowest BCUT2D eigenvalue weighted by molar-refractivity contribution is -0.274. The molecule has 6 nitrogen and oxygen atoms in total. The number of benzene rings is 2. The summed E-state index contributed by atoms with van der Waals surface area (Å²) in [5.41, 5.74) is 0.719. The minimum Gasteiger partial charge on any atom is -0.493 e. The molecule has 9 heteroatoms. The van der Waals surface area contributed by atoms with E-state index >= 15 is 0 Å². The van der Waals surface area contributed by atoms with Crippen LogP contribution in [-0.4, -0.2) is 37.8 Å². The van der Waals surface area contributed by atoms with E-state index in [1.165, 1.54) is 37.1 Å². The van der Waals surface area contributed by atoms with Crippen LogP contribution in [0, 0.1) is 0 Å². The summed E-state index contributed by atoms with van der Waals surface area (Å²) < 4.78 is 52.2. The molecule has 2 aromatic carbocycles. The number of methoxy groups -OCH3 is 1. The highest BCUT2D eigenvalue weighted by molar-refractivity contribution is 5.99. The molecule has 2 aromatic rings. The molecule has 0 saturated carbocycles. The van der Waals surface area contributed by atoms with Crippen LogP contribution in [0.15, 0.2) is 42.5 Å². The van der Waals surface area contributed by atoms with Gasteiger partial charge in [-0.1, -0.05) is 6.07 Å². The molecule has 1 saturated heterocycles. The van der Waals surface area contributed by atoms with E-state index in [2.05, 4.69) is 4.74 Å². The molecule has 0 bridgehead atoms. The minimum atomic E-state index is -4.82. The second-order valence-electron chi connectivity index (χ2n) is 6.35. The first kappa shape index (κ1) is 20.5. The van der Waals surface area contributed by atoms with Crippen LogP contribution in [0.2, 0.25) is 0 Å². The van der Waals surface area contributed by atoms with Crippen molar-refractivity contribution in [1.82, 2.24) is 0 Å². The molecule has 1 aliphatic rings. The molecule has 154 valence electrons. The van der Waals surface area contributed by atoms with Crippen LogP contribution in [0.3, 0.4) is 0 Å². The Labute approximate surface area is 164 Å². The third-order valence-corrected chi connectivity index (χ3v) is 4.36. The van der Waals surface area contributed by atoms with Gasteiger partial charge in [-0.2, -0.15) is 0 Å². The number of Topliss-reactive ketones (excluding diaryl/α,β-unsaturated/α-hetero) is 1. The first-order chi connectivity index (χ1) is 13.7. The number of ether oxygens (including phenoxy) is 3. The summed E-state index contributed by atoms with van der Waals surface area (Å²) in [6.45, 7) is 1.69. The Kier molecular flexibility index (Phi) is 5.67. The molecule has 29 heavy (non-hydrogen) atoms. The number of hydrogen-bond donors (Lipinski definition) is 0. The van der Waals surface area contributed by atoms with E-state index in [1.54, 1.807) is 12.1 Å². The van der Waals surface area contributed by atoms with E-state index in [0.29, 0.717) is 23.5 Å². The van der Waals surface area contributed by atoms with Crippen molar-refractivity contribution in [2.24, 2.45) is 0 Å². The van der Waals surface area contributed by atoms with Gasteiger partial charge in [0.05, 0.1) is 7.11 Å². The zero-order valence-electron chi connectivity index (χ0n) is 15.7. The van der Waals surface area contributed by atoms with Crippen molar-refractivity contribution in [2.75, 3.05) is 18.6 Å². The van der Waals surface area contributed by atoms with Crippen molar-refractivity contribution in [3.63, 3.8) is 0 Å². The summed E-state index contributed by atoms with van der Waals surface area (Å²) in [4.78, 5) is 25.6. The van der Waals surface area contributed by atoms with Crippen LogP contribution >= 0.6 is 0 Å². The number of alkyl halides is 3. The smallest absolute Gasteiger partial charge is 0.493 e. The van der Waals surface area contributed by atoms with Gasteiger partial charge in [0.1, 0.15) is 5.75 Å². The van der Waals surface area contributed by atoms with Crippen molar-refractivity contribution in [3.05, 3.63) is 48.0 Å². The second-order valence-corrected chi connectivity index (χ2v) is 6.35. The maximum atomic E-state index is 12.7. The highest BCUT2D eigenvalue weighted by Crippen LogP contribution is 2.33. The van der Waals surface area contributed by atoms with Crippen molar-refractivity contribution in [1.29, 1.82) is 0 Å². The molecule has 1 atom stereocenters. The molecule has 1 aliphatic heterocycles. The van der Waals surface area contributed by atoms with E-state index in [1.807, 2.05) is 0 Å². The van der Waals surface area contributed by atoms with Crippen LogP contribution < -0.4 is 19.1 Å². The molecule has 0 aliphatic carbocycles. The molecular weight excluding hydrogens is 391 g/mol. The molecule has 0 radical (unpaired) electrons. The number of halogens is 3. The number of carbonyl (C=O) groups excluding carboxylic acids is 2. The van der Waals surface area contributed by atoms with Gasteiger partial charge < -0.3 is 19.1 Å². The Balaban J connectivity index is 1.75. The summed E-state index contributed by atoms with van der Waals surface area (Å²) in [7, 11) is 1.42. The minimum absolute atomic E-state index is 0.140. The van der Waals surface area contributed by atoms with Gasteiger partial charge in [0.15, 0.2) is 23.4 Å². The van der Waals surface area contributed by atoms with Crippen molar-refractivity contribution in [3.8, 4) is 17.2 Å². The molecule has 3 rings (SSSR count). The quantitative estimate of drug-likeness (QED) is 0.676. The Morgan fingerprint density at radius 3 is 2.55 bits per heavy atom. The fraction of sp³-hybridized carbons (Fsp3) is 0.300. The number of carbonyl (C=O) groups is 2. The van der Waals surface area contributed by atoms with Crippen molar-refractivity contribution < 1.29 is 37.0 Å². The van der Waals surface area contributed by atoms with Gasteiger partial charge in [-0.3, -0.25) is 9.59 Å². The summed E-state index contributed by atoms with van der Waals surface area (Å²) in [6.07, 6.45) is -5.32. The second kappa shape index (κ2) is 8.02. The lowest BCUT2D eigenvalue weighted by Crippen LogP contribution is -2.32. The van der Waals surface area contributed by atoms with Crippen molar-refractivity contribution in [2.45, 2.75) is 25.8 Å². The summed E-state index contributed by atoms with van der Waals surface area (Å²) in [6, 6.07) is 9.83. The predicted molar refractivity (Wildman–Crippen MR) is 97.5 cm³/mol. The largest absolute Gasteiger partial charge is 0.573 e. The van der Waals surface area contributed by atoms with E-state index in [0.717, 1.165) is 12.1 Å². The number of hydrogen-bond acceptors (Lipinski definition) is 5. The maximum absolute atomic E-state index is 12.7. The van der Waals surface area contributed by atoms with Gasteiger partial charge in [-0.15, -0.1) is 13.2 Å². The lowest BCUT2D eigenvalue weighted by atomic mass is 10.1. The normalized spacial score (nSPS) is 16.7. The maximum Gasteiger partial charge on any atom is 0.573 e. The van der Waals surface area contributed by atoms with Crippen LogP contribution in [0.25, 0.3) is 0 Å². The molecule has 0 N–H and O–H groups in total. The predicted octanol–water partition coefficient (Wildman–Crippen LogP) is 3.98. The first-order valence-electron chi connectivity index (χ1n) is 8.71. The zero-order valence-corrected chi connectivity index (χ0v) is 15.7. The SMILES string of the molecule is COc1cc(C(C)=O)ccc1OC1CCN(c2cccc(OC(F)(F)F)c2)C1=O. The summed E-state index contributed by atoms with van der Waals surface area (Å²) in [5.74, 6) is -0.337. The molecule has 1 unspecified atom stereocenters. The number of amides is 1. The highest BCUT2D eigenvalue weighted by atomic mass is 19.4. The van der Waals surface area contributed by atoms with Gasteiger partial charge in [-0.25, -0.2) is 0 Å². The summed E-state index contributed by atoms with van der Waals surface area (Å²) in [5, 5.41) is 0. The first-order valence-corrected chi connectivity index (χ1v) is 8.71. The van der Waals surface area contributed by atoms with Gasteiger partial charge in [0, 0.05) is 30.3 Å². The van der Waals surface area contributed by atoms with E-state index in [-0.39, 0.29) is 18.0 Å². The highest BCUT2D eigenvalue weighted by Gasteiger charge is 2.36. The average molecular weight is 409 g/mol. The van der Waals surface area contributed by atoms with Gasteiger partial charge in [0.25, 0.3) is 5.91 Å². The number of ketones is 1. The number of anilines is 1. The molecule has 1 heterocycles. The van der Waals surface area contributed by atoms with Crippen LogP contribution in [0.1, 0.15) is 23.7 Å². The Hall–Kier alpha value is -3.23. The standard InChI is InChI=1S/C20H18F3NO5/c1-12(25)13-6-7-16(18(10-13)27-2)28-17-8-9-24(19(17)26)14-4-3-5-15(11-14)29-20(21,22)23/h3-7,10-11,17H,8-9H2,1-2H3. The van der Waals surface area contributed by atoms with Crippen LogP contribution in [0.5, 0.6) is 17.2 Å². The molecule has 1 amide bonds. The van der Waals surface area contributed by atoms with E-state index in [9.17, 15) is 22.8 Å². The van der Waals surface area contributed by atoms with Crippen molar-refractivity contribution >= 4 is 17.4 Å². The molecular formula is C20H18F3NO5. The van der Waals surface area contributed by atoms with E-state index < -0.39 is 24.1 Å². The zero-order chi connectivity index (χ0) is 21.2. The van der Waals surface area contributed by atoms with Gasteiger partial charge in [0.2, 0.25) is 0 Å². The van der Waals surface area contributed by atoms with E-state index in [4.69, 9.17) is 9.47 Å². The fourth-order valence-corrected chi connectivity index (χ4v) is 3.01. The third-order valence-electron chi connectivity index (χ3n) is 4.36. The Morgan fingerprint density at radius 2 is 1.90 bits per heavy atom. The monoisotopic (exact) mass is 409 g/mol. The Morgan fingerprint density at radius 1 is 1.14 bits per heavy atom. The topological polar surface area (TPSA) is 65.1 Å². The summed E-state index contributed by atoms with van der Waals surface area (Å²) >= 11 is 0. The fourth-order valence-electron chi connectivity index (χ4n) is 3.01. The lowest BCUT2D eigenvalue weighted by Gasteiger charge is -2.19. The van der Waals surface area contributed by atoms with Crippen LogP contribution in [0.4, 0.5) is 18.9 Å². The molecule has 1 fully saturated rings. The molecule has 0 spiro atoms. The van der Waals surface area contributed by atoms with Crippen LogP contribution in [-0.2, 0) is 4.79 Å².